The SMILES string of the molecule is C=CC(CNCC)CC(C)S. The van der Waals surface area contributed by atoms with Gasteiger partial charge in [-0.05, 0) is 24.1 Å². The van der Waals surface area contributed by atoms with Crippen LogP contribution in [0.1, 0.15) is 20.3 Å². The van der Waals surface area contributed by atoms with Gasteiger partial charge in [0.15, 0.2) is 0 Å². The van der Waals surface area contributed by atoms with Crippen LogP contribution in [-0.2, 0) is 0 Å². The van der Waals surface area contributed by atoms with Gasteiger partial charge in [0.2, 0.25) is 0 Å². The summed E-state index contributed by atoms with van der Waals surface area (Å²) >= 11 is 4.34. The largest absolute Gasteiger partial charge is 0.316 e. The van der Waals surface area contributed by atoms with Crippen LogP contribution < -0.4 is 5.32 Å². The summed E-state index contributed by atoms with van der Waals surface area (Å²) in [5.41, 5.74) is 0. The zero-order chi connectivity index (χ0) is 8.69. The van der Waals surface area contributed by atoms with Gasteiger partial charge < -0.3 is 5.32 Å². The van der Waals surface area contributed by atoms with Crippen molar-refractivity contribution in [3.8, 4) is 0 Å². The summed E-state index contributed by atoms with van der Waals surface area (Å²) in [4.78, 5) is 0. The highest BCUT2D eigenvalue weighted by Crippen LogP contribution is 2.10. The molecule has 0 amide bonds. The zero-order valence-electron chi connectivity index (χ0n) is 7.51. The fourth-order valence-electron chi connectivity index (χ4n) is 1.03. The summed E-state index contributed by atoms with van der Waals surface area (Å²) in [6, 6.07) is 0. The van der Waals surface area contributed by atoms with Crippen molar-refractivity contribution in [2.24, 2.45) is 5.92 Å². The summed E-state index contributed by atoms with van der Waals surface area (Å²) in [5, 5.41) is 3.77. The van der Waals surface area contributed by atoms with Crippen molar-refractivity contribution in [2.45, 2.75) is 25.5 Å². The second kappa shape index (κ2) is 6.74. The first-order valence-electron chi connectivity index (χ1n) is 4.22. The van der Waals surface area contributed by atoms with Crippen LogP contribution in [-0.4, -0.2) is 18.3 Å². The fourth-order valence-corrected chi connectivity index (χ4v) is 1.30. The molecular formula is C9H19NS. The average molecular weight is 173 g/mol. The maximum absolute atomic E-state index is 4.34. The molecule has 0 rings (SSSR count). The van der Waals surface area contributed by atoms with Gasteiger partial charge in [-0.1, -0.05) is 19.9 Å². The first kappa shape index (κ1) is 11.1. The van der Waals surface area contributed by atoms with Crippen molar-refractivity contribution in [3.05, 3.63) is 12.7 Å². The Kier molecular flexibility index (Phi) is 6.77. The van der Waals surface area contributed by atoms with E-state index >= 15 is 0 Å². The molecule has 0 aliphatic heterocycles. The molecule has 0 aliphatic carbocycles. The molecule has 2 atom stereocenters. The molecule has 0 saturated heterocycles. The van der Waals surface area contributed by atoms with Gasteiger partial charge in [-0.3, -0.25) is 0 Å². The highest BCUT2D eigenvalue weighted by Gasteiger charge is 2.05. The van der Waals surface area contributed by atoms with E-state index in [9.17, 15) is 0 Å². The molecule has 1 nitrogen and oxygen atoms in total. The predicted octanol–water partition coefficient (Wildman–Crippen LogP) is 2.11. The van der Waals surface area contributed by atoms with E-state index in [4.69, 9.17) is 0 Å². The van der Waals surface area contributed by atoms with Gasteiger partial charge in [-0.15, -0.1) is 6.58 Å². The number of rotatable bonds is 6. The molecule has 0 spiro atoms. The monoisotopic (exact) mass is 173 g/mol. The summed E-state index contributed by atoms with van der Waals surface area (Å²) in [6.45, 7) is 10.1. The molecular weight excluding hydrogens is 154 g/mol. The van der Waals surface area contributed by atoms with Crippen LogP contribution in [0.4, 0.5) is 0 Å². The Labute approximate surface area is 75.7 Å². The Morgan fingerprint density at radius 1 is 1.64 bits per heavy atom. The molecule has 0 radical (unpaired) electrons. The third kappa shape index (κ3) is 6.45. The topological polar surface area (TPSA) is 12.0 Å². The molecule has 0 aliphatic rings. The van der Waals surface area contributed by atoms with Gasteiger partial charge in [-0.2, -0.15) is 12.6 Å². The van der Waals surface area contributed by atoms with Crippen LogP contribution in [0.3, 0.4) is 0 Å². The standard InChI is InChI=1S/C9H19NS/c1-4-9(6-8(3)11)7-10-5-2/h4,8-11H,1,5-7H2,2-3H3. The summed E-state index contributed by atoms with van der Waals surface area (Å²) in [7, 11) is 0. The lowest BCUT2D eigenvalue weighted by molar-refractivity contribution is 0.535. The molecule has 0 aromatic carbocycles. The van der Waals surface area contributed by atoms with Crippen LogP contribution in [0.2, 0.25) is 0 Å². The molecule has 0 heterocycles. The van der Waals surface area contributed by atoms with Crippen LogP contribution >= 0.6 is 12.6 Å². The summed E-state index contributed by atoms with van der Waals surface area (Å²) in [6.07, 6.45) is 3.12. The average Bonchev–Trinajstić information content (AvgIpc) is 1.97. The molecule has 0 bridgehead atoms. The van der Waals surface area contributed by atoms with E-state index in [0.29, 0.717) is 11.2 Å². The molecule has 0 aromatic heterocycles. The normalized spacial score (nSPS) is 15.9. The minimum Gasteiger partial charge on any atom is -0.316 e. The van der Waals surface area contributed by atoms with Crippen molar-refractivity contribution in [2.75, 3.05) is 13.1 Å². The molecule has 0 saturated carbocycles. The van der Waals surface area contributed by atoms with E-state index < -0.39 is 0 Å². The second-order valence-corrected chi connectivity index (χ2v) is 3.77. The Morgan fingerprint density at radius 3 is 2.64 bits per heavy atom. The lowest BCUT2D eigenvalue weighted by atomic mass is 10.0. The van der Waals surface area contributed by atoms with Crippen molar-refractivity contribution in [3.63, 3.8) is 0 Å². The Balaban J connectivity index is 3.49. The molecule has 0 fully saturated rings. The lowest BCUT2D eigenvalue weighted by Gasteiger charge is -2.14. The number of nitrogens with one attached hydrogen (secondary N) is 1. The number of hydrogen-bond acceptors (Lipinski definition) is 2. The Morgan fingerprint density at radius 2 is 2.27 bits per heavy atom. The van der Waals surface area contributed by atoms with E-state index in [1.807, 2.05) is 6.08 Å². The Bertz CT molecular complexity index is 102. The van der Waals surface area contributed by atoms with Crippen molar-refractivity contribution in [1.29, 1.82) is 0 Å². The smallest absolute Gasteiger partial charge is 0.00143 e. The fraction of sp³-hybridized carbons (Fsp3) is 0.778. The van der Waals surface area contributed by atoms with Crippen molar-refractivity contribution in [1.82, 2.24) is 5.32 Å². The third-order valence-corrected chi connectivity index (χ3v) is 1.84. The minimum absolute atomic E-state index is 0.469. The van der Waals surface area contributed by atoms with Crippen molar-refractivity contribution < 1.29 is 0 Å². The maximum atomic E-state index is 4.34. The van der Waals surface area contributed by atoms with E-state index in [0.717, 1.165) is 19.5 Å². The van der Waals surface area contributed by atoms with Gasteiger partial charge in [0, 0.05) is 6.54 Å². The zero-order valence-corrected chi connectivity index (χ0v) is 8.40. The molecule has 0 aromatic rings. The highest BCUT2D eigenvalue weighted by atomic mass is 32.1. The van der Waals surface area contributed by atoms with E-state index in [1.165, 1.54) is 0 Å². The van der Waals surface area contributed by atoms with Gasteiger partial charge >= 0.3 is 0 Å². The third-order valence-electron chi connectivity index (χ3n) is 1.63. The Hall–Kier alpha value is 0.0500. The van der Waals surface area contributed by atoms with Crippen LogP contribution in [0.15, 0.2) is 12.7 Å². The quantitative estimate of drug-likeness (QED) is 0.463. The minimum atomic E-state index is 0.469. The predicted molar refractivity (Wildman–Crippen MR) is 55.3 cm³/mol. The molecule has 2 unspecified atom stereocenters. The number of hydrogen-bond donors (Lipinski definition) is 2. The highest BCUT2D eigenvalue weighted by molar-refractivity contribution is 7.80. The van der Waals surface area contributed by atoms with Gasteiger partial charge in [0.05, 0.1) is 0 Å². The molecule has 66 valence electrons. The number of thiol groups is 1. The maximum Gasteiger partial charge on any atom is 0.00143 e. The molecule has 11 heavy (non-hydrogen) atoms. The van der Waals surface area contributed by atoms with Crippen LogP contribution in [0, 0.1) is 5.92 Å². The molecule has 2 heteroatoms. The van der Waals surface area contributed by atoms with Gasteiger partial charge in [0.1, 0.15) is 0 Å². The van der Waals surface area contributed by atoms with E-state index in [-0.39, 0.29) is 0 Å². The van der Waals surface area contributed by atoms with Crippen LogP contribution in [0.5, 0.6) is 0 Å². The first-order chi connectivity index (χ1) is 5.20. The van der Waals surface area contributed by atoms with E-state index in [2.05, 4.69) is 38.4 Å². The lowest BCUT2D eigenvalue weighted by Crippen LogP contribution is -2.22. The van der Waals surface area contributed by atoms with Crippen molar-refractivity contribution >= 4 is 12.6 Å². The van der Waals surface area contributed by atoms with Gasteiger partial charge in [0.25, 0.3) is 0 Å². The van der Waals surface area contributed by atoms with E-state index in [1.54, 1.807) is 0 Å². The summed E-state index contributed by atoms with van der Waals surface area (Å²) < 4.78 is 0. The molecule has 1 N–H and O–H groups in total. The second-order valence-electron chi connectivity index (χ2n) is 2.89. The first-order valence-corrected chi connectivity index (χ1v) is 4.73. The van der Waals surface area contributed by atoms with Gasteiger partial charge in [-0.25, -0.2) is 0 Å². The summed E-state index contributed by atoms with van der Waals surface area (Å²) in [5.74, 6) is 0.572. The van der Waals surface area contributed by atoms with Crippen LogP contribution in [0.25, 0.3) is 0 Å².